The Morgan fingerprint density at radius 3 is 3.00 bits per heavy atom. The number of tetrazole rings is 1. The van der Waals surface area contributed by atoms with E-state index in [9.17, 15) is 0 Å². The Balaban J connectivity index is 2.18. The Morgan fingerprint density at radius 1 is 1.52 bits per heavy atom. The van der Waals surface area contributed by atoms with E-state index in [0.717, 1.165) is 17.9 Å². The number of allylic oxidation sites excluding steroid dienone is 1. The SMILES string of the molecule is CCC(C)Oc1ccccc1NC=C(C#N)c1nn[nH]n1. The molecule has 0 amide bonds. The van der Waals surface area contributed by atoms with Crippen molar-refractivity contribution in [1.29, 1.82) is 5.26 Å². The van der Waals surface area contributed by atoms with Crippen molar-refractivity contribution < 1.29 is 4.74 Å². The molecule has 1 heterocycles. The number of aromatic nitrogens is 4. The van der Waals surface area contributed by atoms with Gasteiger partial charge in [0.2, 0.25) is 5.82 Å². The molecule has 2 aromatic rings. The van der Waals surface area contributed by atoms with Crippen molar-refractivity contribution in [2.75, 3.05) is 5.32 Å². The van der Waals surface area contributed by atoms with Gasteiger partial charge < -0.3 is 10.1 Å². The maximum atomic E-state index is 9.12. The van der Waals surface area contributed by atoms with Gasteiger partial charge in [-0.1, -0.05) is 19.1 Å². The Labute approximate surface area is 122 Å². The highest BCUT2D eigenvalue weighted by molar-refractivity contribution is 5.74. The van der Waals surface area contributed by atoms with Gasteiger partial charge in [-0.15, -0.1) is 10.2 Å². The lowest BCUT2D eigenvalue weighted by Crippen LogP contribution is -2.10. The van der Waals surface area contributed by atoms with Crippen LogP contribution in [0.5, 0.6) is 5.75 Å². The predicted molar refractivity (Wildman–Crippen MR) is 78.2 cm³/mol. The second-order valence-electron chi connectivity index (χ2n) is 4.38. The predicted octanol–water partition coefficient (Wildman–Crippen LogP) is 2.35. The van der Waals surface area contributed by atoms with Crippen molar-refractivity contribution in [3.05, 3.63) is 36.3 Å². The van der Waals surface area contributed by atoms with E-state index < -0.39 is 0 Å². The van der Waals surface area contributed by atoms with Crippen LogP contribution in [0.1, 0.15) is 26.1 Å². The van der Waals surface area contributed by atoms with Crippen LogP contribution in [-0.4, -0.2) is 26.7 Å². The highest BCUT2D eigenvalue weighted by Crippen LogP contribution is 2.25. The molecule has 2 N–H and O–H groups in total. The molecular weight excluding hydrogens is 268 g/mol. The minimum absolute atomic E-state index is 0.115. The molecule has 1 aromatic heterocycles. The molecule has 1 aromatic carbocycles. The lowest BCUT2D eigenvalue weighted by atomic mass is 10.2. The first-order valence-electron chi connectivity index (χ1n) is 6.61. The maximum absolute atomic E-state index is 9.12. The highest BCUT2D eigenvalue weighted by atomic mass is 16.5. The normalized spacial score (nSPS) is 12.5. The average Bonchev–Trinajstić information content (AvgIpc) is 3.03. The number of rotatable bonds is 6. The molecule has 0 saturated heterocycles. The zero-order valence-electron chi connectivity index (χ0n) is 11.9. The summed E-state index contributed by atoms with van der Waals surface area (Å²) in [6, 6.07) is 9.56. The number of H-pyrrole nitrogens is 1. The summed E-state index contributed by atoms with van der Waals surface area (Å²) in [5, 5.41) is 25.5. The Hall–Kier alpha value is -2.88. The van der Waals surface area contributed by atoms with Crippen LogP contribution in [0.3, 0.4) is 0 Å². The number of ether oxygens (including phenoxy) is 1. The third-order valence-electron chi connectivity index (χ3n) is 2.87. The lowest BCUT2D eigenvalue weighted by Gasteiger charge is -2.15. The Morgan fingerprint density at radius 2 is 2.33 bits per heavy atom. The maximum Gasteiger partial charge on any atom is 0.216 e. The molecule has 7 heteroatoms. The largest absolute Gasteiger partial charge is 0.489 e. The van der Waals surface area contributed by atoms with E-state index in [4.69, 9.17) is 10.00 Å². The number of benzene rings is 1. The monoisotopic (exact) mass is 284 g/mol. The molecule has 0 spiro atoms. The van der Waals surface area contributed by atoms with Crippen molar-refractivity contribution in [2.24, 2.45) is 0 Å². The minimum Gasteiger partial charge on any atom is -0.489 e. The summed E-state index contributed by atoms with van der Waals surface area (Å²) in [5.41, 5.74) is 1.05. The van der Waals surface area contributed by atoms with Gasteiger partial charge in [-0.25, -0.2) is 0 Å². The molecule has 1 unspecified atom stereocenters. The molecule has 7 nitrogen and oxygen atoms in total. The number of para-hydroxylation sites is 2. The van der Waals surface area contributed by atoms with Gasteiger partial charge in [0.25, 0.3) is 0 Å². The van der Waals surface area contributed by atoms with Crippen molar-refractivity contribution >= 4 is 11.3 Å². The smallest absolute Gasteiger partial charge is 0.216 e. The van der Waals surface area contributed by atoms with Crippen LogP contribution in [0.2, 0.25) is 0 Å². The van der Waals surface area contributed by atoms with Crippen LogP contribution in [0.15, 0.2) is 30.5 Å². The van der Waals surface area contributed by atoms with Gasteiger partial charge in [-0.3, -0.25) is 0 Å². The standard InChI is InChI=1S/C14H16N6O/c1-3-10(2)21-13-7-5-4-6-12(13)16-9-11(8-15)14-17-19-20-18-14/h4-7,9-10,16H,3H2,1-2H3,(H,17,18,19,20). The quantitative estimate of drug-likeness (QED) is 0.790. The molecule has 0 bridgehead atoms. The van der Waals surface area contributed by atoms with E-state index in [-0.39, 0.29) is 17.5 Å². The van der Waals surface area contributed by atoms with Gasteiger partial charge in [0.1, 0.15) is 17.4 Å². The number of anilines is 1. The summed E-state index contributed by atoms with van der Waals surface area (Å²) in [4.78, 5) is 0. The molecule has 21 heavy (non-hydrogen) atoms. The average molecular weight is 284 g/mol. The van der Waals surface area contributed by atoms with Gasteiger partial charge in [0.05, 0.1) is 11.8 Å². The Kier molecular flexibility index (Phi) is 4.88. The molecule has 0 fully saturated rings. The summed E-state index contributed by atoms with van der Waals surface area (Å²) in [6.07, 6.45) is 2.56. The zero-order chi connectivity index (χ0) is 15.1. The summed E-state index contributed by atoms with van der Waals surface area (Å²) in [6.45, 7) is 4.07. The van der Waals surface area contributed by atoms with Crippen LogP contribution in [0.4, 0.5) is 5.69 Å². The third kappa shape index (κ3) is 3.79. The van der Waals surface area contributed by atoms with Gasteiger partial charge in [-0.05, 0) is 30.7 Å². The van der Waals surface area contributed by atoms with Crippen LogP contribution >= 0.6 is 0 Å². The van der Waals surface area contributed by atoms with Crippen molar-refractivity contribution in [2.45, 2.75) is 26.4 Å². The number of hydrogen-bond donors (Lipinski definition) is 2. The van der Waals surface area contributed by atoms with Crippen LogP contribution in [0, 0.1) is 11.3 Å². The molecule has 0 aliphatic heterocycles. The topological polar surface area (TPSA) is 99.5 Å². The lowest BCUT2D eigenvalue weighted by molar-refractivity contribution is 0.218. The summed E-state index contributed by atoms with van der Waals surface area (Å²) >= 11 is 0. The first-order chi connectivity index (χ1) is 10.2. The Bertz CT molecular complexity index is 644. The summed E-state index contributed by atoms with van der Waals surface area (Å²) < 4.78 is 5.83. The summed E-state index contributed by atoms with van der Waals surface area (Å²) in [5.74, 6) is 0.971. The van der Waals surface area contributed by atoms with Gasteiger partial charge >= 0.3 is 0 Å². The molecule has 1 atom stereocenters. The molecular formula is C14H16N6O. The van der Waals surface area contributed by atoms with E-state index in [1.807, 2.05) is 37.3 Å². The van der Waals surface area contributed by atoms with E-state index >= 15 is 0 Å². The molecule has 0 radical (unpaired) electrons. The number of nitrogens with zero attached hydrogens (tertiary/aromatic N) is 4. The second kappa shape index (κ2) is 7.05. The van der Waals surface area contributed by atoms with E-state index in [1.54, 1.807) is 0 Å². The number of nitrogens with one attached hydrogen (secondary N) is 2. The number of aromatic amines is 1. The molecule has 2 rings (SSSR count). The minimum atomic E-state index is 0.115. The zero-order valence-corrected chi connectivity index (χ0v) is 11.9. The summed E-state index contributed by atoms with van der Waals surface area (Å²) in [7, 11) is 0. The second-order valence-corrected chi connectivity index (χ2v) is 4.38. The van der Waals surface area contributed by atoms with Crippen LogP contribution in [-0.2, 0) is 0 Å². The first-order valence-corrected chi connectivity index (χ1v) is 6.61. The third-order valence-corrected chi connectivity index (χ3v) is 2.87. The van der Waals surface area contributed by atoms with E-state index in [0.29, 0.717) is 0 Å². The van der Waals surface area contributed by atoms with Gasteiger partial charge in [0.15, 0.2) is 0 Å². The van der Waals surface area contributed by atoms with Crippen molar-refractivity contribution in [1.82, 2.24) is 20.6 Å². The fourth-order valence-corrected chi connectivity index (χ4v) is 1.56. The van der Waals surface area contributed by atoms with E-state index in [1.165, 1.54) is 6.20 Å². The highest BCUT2D eigenvalue weighted by Gasteiger charge is 2.08. The number of nitriles is 1. The van der Waals surface area contributed by atoms with Crippen molar-refractivity contribution in [3.63, 3.8) is 0 Å². The van der Waals surface area contributed by atoms with Crippen molar-refractivity contribution in [3.8, 4) is 11.8 Å². The fraction of sp³-hybridized carbons (Fsp3) is 0.286. The molecule has 0 aliphatic carbocycles. The van der Waals surface area contributed by atoms with Gasteiger partial charge in [0, 0.05) is 6.20 Å². The molecule has 0 aliphatic rings. The van der Waals surface area contributed by atoms with E-state index in [2.05, 4.69) is 32.9 Å². The number of hydrogen-bond acceptors (Lipinski definition) is 6. The fourth-order valence-electron chi connectivity index (χ4n) is 1.56. The van der Waals surface area contributed by atoms with Gasteiger partial charge in [-0.2, -0.15) is 10.5 Å². The first kappa shape index (κ1) is 14.5. The van der Waals surface area contributed by atoms with Crippen LogP contribution < -0.4 is 10.1 Å². The van der Waals surface area contributed by atoms with Crippen LogP contribution in [0.25, 0.3) is 5.57 Å². The molecule has 108 valence electrons. The molecule has 0 saturated carbocycles.